The van der Waals surface area contributed by atoms with E-state index in [1.54, 1.807) is 0 Å². The predicted molar refractivity (Wildman–Crippen MR) is 58.8 cm³/mol. The Bertz CT molecular complexity index is 226. The Morgan fingerprint density at radius 1 is 1.29 bits per heavy atom. The summed E-state index contributed by atoms with van der Waals surface area (Å²) in [5.41, 5.74) is 0.246. The van der Waals surface area contributed by atoms with Crippen molar-refractivity contribution in [1.29, 1.82) is 0 Å². The van der Waals surface area contributed by atoms with E-state index in [1.807, 2.05) is 27.7 Å². The number of carbonyl (C=O) groups is 1. The first-order chi connectivity index (χ1) is 6.30. The van der Waals surface area contributed by atoms with Crippen molar-refractivity contribution in [3.8, 4) is 0 Å². The maximum Gasteiger partial charge on any atom is 0.404 e. The van der Waals surface area contributed by atoms with Gasteiger partial charge in [0, 0.05) is 24.0 Å². The maximum atomic E-state index is 12.4. The van der Waals surface area contributed by atoms with Crippen LogP contribution in [0.3, 0.4) is 0 Å². The molecular formula is C9H20NO3P. The maximum absolute atomic E-state index is 12.4. The first kappa shape index (κ1) is 13.5. The average molecular weight is 221 g/mol. The van der Waals surface area contributed by atoms with E-state index in [9.17, 15) is 9.36 Å². The third-order valence-corrected chi connectivity index (χ3v) is 6.90. The van der Waals surface area contributed by atoms with Gasteiger partial charge in [0.15, 0.2) is 0 Å². The van der Waals surface area contributed by atoms with E-state index >= 15 is 0 Å². The van der Waals surface area contributed by atoms with E-state index < -0.39 is 13.2 Å². The standard InChI is InChI=1S/C9H20NO3P/c1-7(2)14(13,8(3)4)6-5-10-9(11)12/h7-8,10H,5-6H2,1-4H3,(H,11,12). The molecule has 0 fully saturated rings. The fourth-order valence-corrected chi connectivity index (χ4v) is 4.14. The third-order valence-electron chi connectivity index (χ3n) is 2.49. The second-order valence-corrected chi connectivity index (χ2v) is 8.22. The van der Waals surface area contributed by atoms with Crippen molar-refractivity contribution in [2.24, 2.45) is 0 Å². The van der Waals surface area contributed by atoms with E-state index in [2.05, 4.69) is 5.32 Å². The van der Waals surface area contributed by atoms with Crippen LogP contribution < -0.4 is 5.32 Å². The number of rotatable bonds is 5. The van der Waals surface area contributed by atoms with Crippen LogP contribution in [0.2, 0.25) is 0 Å². The van der Waals surface area contributed by atoms with Crippen molar-refractivity contribution >= 4 is 13.2 Å². The van der Waals surface area contributed by atoms with Gasteiger partial charge in [0.05, 0.1) is 7.14 Å². The minimum absolute atomic E-state index is 0.123. The molecule has 0 saturated carbocycles. The topological polar surface area (TPSA) is 66.4 Å². The van der Waals surface area contributed by atoms with Crippen LogP contribution in [-0.2, 0) is 4.57 Å². The summed E-state index contributed by atoms with van der Waals surface area (Å²) >= 11 is 0. The summed E-state index contributed by atoms with van der Waals surface area (Å²) < 4.78 is 12.4. The molecular weight excluding hydrogens is 201 g/mol. The summed E-state index contributed by atoms with van der Waals surface area (Å²) in [6, 6.07) is 0. The van der Waals surface area contributed by atoms with Gasteiger partial charge in [0.1, 0.15) is 0 Å². The molecule has 2 N–H and O–H groups in total. The van der Waals surface area contributed by atoms with E-state index in [1.165, 1.54) is 0 Å². The van der Waals surface area contributed by atoms with E-state index in [0.29, 0.717) is 6.16 Å². The molecule has 1 amide bonds. The highest BCUT2D eigenvalue weighted by Crippen LogP contribution is 2.54. The molecule has 0 bridgehead atoms. The molecule has 0 aliphatic carbocycles. The van der Waals surface area contributed by atoms with Crippen LogP contribution in [0.5, 0.6) is 0 Å². The molecule has 84 valence electrons. The molecule has 5 heteroatoms. The Labute approximate surface area is 85.5 Å². The van der Waals surface area contributed by atoms with Crippen LogP contribution in [0.1, 0.15) is 27.7 Å². The van der Waals surface area contributed by atoms with Crippen molar-refractivity contribution in [1.82, 2.24) is 5.32 Å². The summed E-state index contributed by atoms with van der Waals surface area (Å²) in [4.78, 5) is 10.2. The molecule has 0 rings (SSSR count). The van der Waals surface area contributed by atoms with Crippen molar-refractivity contribution < 1.29 is 14.5 Å². The Morgan fingerprint density at radius 3 is 2.00 bits per heavy atom. The minimum Gasteiger partial charge on any atom is -0.465 e. The van der Waals surface area contributed by atoms with Crippen molar-refractivity contribution in [2.45, 2.75) is 39.0 Å². The summed E-state index contributed by atoms with van der Waals surface area (Å²) in [5.74, 6) is 0. The van der Waals surface area contributed by atoms with Crippen molar-refractivity contribution in [3.63, 3.8) is 0 Å². The van der Waals surface area contributed by atoms with Gasteiger partial charge in [-0.05, 0) is 0 Å². The monoisotopic (exact) mass is 221 g/mol. The summed E-state index contributed by atoms with van der Waals surface area (Å²) in [7, 11) is -2.25. The molecule has 0 spiro atoms. The van der Waals surface area contributed by atoms with Gasteiger partial charge in [-0.3, -0.25) is 0 Å². The number of hydrogen-bond acceptors (Lipinski definition) is 2. The number of amides is 1. The lowest BCUT2D eigenvalue weighted by Crippen LogP contribution is -2.26. The van der Waals surface area contributed by atoms with Crippen molar-refractivity contribution in [2.75, 3.05) is 12.7 Å². The molecule has 4 nitrogen and oxygen atoms in total. The Balaban J connectivity index is 4.26. The fraction of sp³-hybridized carbons (Fsp3) is 0.889. The lowest BCUT2D eigenvalue weighted by Gasteiger charge is -2.25. The molecule has 14 heavy (non-hydrogen) atoms. The van der Waals surface area contributed by atoms with Crippen LogP contribution >= 0.6 is 7.14 Å². The van der Waals surface area contributed by atoms with Crippen LogP contribution in [0.25, 0.3) is 0 Å². The Hall–Kier alpha value is -0.500. The lowest BCUT2D eigenvalue weighted by molar-refractivity contribution is 0.195. The molecule has 0 aromatic heterocycles. The van der Waals surface area contributed by atoms with Gasteiger partial charge in [0.25, 0.3) is 0 Å². The van der Waals surface area contributed by atoms with Crippen LogP contribution in [-0.4, -0.2) is 35.2 Å². The van der Waals surface area contributed by atoms with Crippen LogP contribution in [0, 0.1) is 0 Å². The van der Waals surface area contributed by atoms with Gasteiger partial charge in [-0.2, -0.15) is 0 Å². The van der Waals surface area contributed by atoms with E-state index in [0.717, 1.165) is 0 Å². The molecule has 0 aromatic carbocycles. The Morgan fingerprint density at radius 2 is 1.71 bits per heavy atom. The first-order valence-corrected chi connectivity index (χ1v) is 6.89. The van der Waals surface area contributed by atoms with Gasteiger partial charge in [-0.1, -0.05) is 27.7 Å². The first-order valence-electron chi connectivity index (χ1n) is 4.86. The minimum atomic E-state index is -2.25. The summed E-state index contributed by atoms with van der Waals surface area (Å²) in [6.45, 7) is 8.01. The average Bonchev–Trinajstić information content (AvgIpc) is 2.02. The van der Waals surface area contributed by atoms with Crippen LogP contribution in [0.15, 0.2) is 0 Å². The quantitative estimate of drug-likeness (QED) is 0.700. The van der Waals surface area contributed by atoms with Gasteiger partial charge in [-0.25, -0.2) is 4.79 Å². The van der Waals surface area contributed by atoms with Gasteiger partial charge < -0.3 is 15.0 Å². The second-order valence-electron chi connectivity index (χ2n) is 4.00. The highest BCUT2D eigenvalue weighted by molar-refractivity contribution is 7.65. The highest BCUT2D eigenvalue weighted by Gasteiger charge is 2.29. The smallest absolute Gasteiger partial charge is 0.404 e. The zero-order valence-electron chi connectivity index (χ0n) is 9.28. The van der Waals surface area contributed by atoms with E-state index in [-0.39, 0.29) is 17.9 Å². The zero-order chi connectivity index (χ0) is 11.4. The molecule has 0 atom stereocenters. The lowest BCUT2D eigenvalue weighted by atomic mass is 10.5. The van der Waals surface area contributed by atoms with Crippen molar-refractivity contribution in [3.05, 3.63) is 0 Å². The largest absolute Gasteiger partial charge is 0.465 e. The predicted octanol–water partition coefficient (Wildman–Crippen LogP) is 2.43. The Kier molecular flexibility index (Phi) is 5.21. The third kappa shape index (κ3) is 3.70. The molecule has 0 radical (unpaired) electrons. The molecule has 0 saturated heterocycles. The SMILES string of the molecule is CC(C)P(=O)(CCNC(=O)O)C(C)C. The number of hydrogen-bond donors (Lipinski definition) is 2. The molecule has 0 aliphatic heterocycles. The molecule has 0 heterocycles. The number of nitrogens with one attached hydrogen (secondary N) is 1. The normalized spacial score (nSPS) is 12.1. The molecule has 0 aromatic rings. The van der Waals surface area contributed by atoms with Crippen LogP contribution in [0.4, 0.5) is 4.79 Å². The van der Waals surface area contributed by atoms with E-state index in [4.69, 9.17) is 5.11 Å². The molecule has 0 unspecified atom stereocenters. The van der Waals surface area contributed by atoms with Gasteiger partial charge in [0.2, 0.25) is 0 Å². The zero-order valence-corrected chi connectivity index (χ0v) is 10.2. The highest BCUT2D eigenvalue weighted by atomic mass is 31.2. The van der Waals surface area contributed by atoms with Gasteiger partial charge >= 0.3 is 6.09 Å². The fourth-order valence-electron chi connectivity index (χ4n) is 1.45. The molecule has 0 aliphatic rings. The second kappa shape index (κ2) is 5.40. The number of carboxylic acid groups (broad SMARTS) is 1. The van der Waals surface area contributed by atoms with Gasteiger partial charge in [-0.15, -0.1) is 0 Å². The summed E-state index contributed by atoms with van der Waals surface area (Å²) in [6.07, 6.45) is -0.599. The summed E-state index contributed by atoms with van der Waals surface area (Å²) in [5, 5.41) is 10.6.